The molecule has 6 rings (SSSR count). The monoisotopic (exact) mass is 640 g/mol. The minimum Gasteiger partial charge on any atom is -0.497 e. The number of carbonyl (C=O) groups is 2. The highest BCUT2D eigenvalue weighted by atomic mass is 32.2. The average molecular weight is 641 g/mol. The Morgan fingerprint density at radius 3 is 2.56 bits per heavy atom. The zero-order chi connectivity index (χ0) is 31.3. The van der Waals surface area contributed by atoms with Crippen molar-refractivity contribution in [3.8, 4) is 11.4 Å². The molecule has 0 saturated heterocycles. The van der Waals surface area contributed by atoms with Crippen LogP contribution in [0.25, 0.3) is 5.69 Å². The van der Waals surface area contributed by atoms with Crippen molar-refractivity contribution in [3.63, 3.8) is 0 Å². The highest BCUT2D eigenvalue weighted by molar-refractivity contribution is 7.99. The Balaban J connectivity index is 1.23. The Hall–Kier alpha value is -4.81. The number of carbonyl (C=O) groups excluding carboxylic acids is 2. The van der Waals surface area contributed by atoms with Gasteiger partial charge in [0.2, 0.25) is 0 Å². The molecular weight excluding hydrogens is 612 g/mol. The largest absolute Gasteiger partial charge is 0.497 e. The van der Waals surface area contributed by atoms with Gasteiger partial charge in [-0.2, -0.15) is 5.10 Å². The van der Waals surface area contributed by atoms with Crippen LogP contribution in [0.3, 0.4) is 0 Å². The molecule has 0 fully saturated rings. The number of benzene rings is 3. The zero-order valence-corrected chi connectivity index (χ0v) is 26.1. The number of aryl methyl sites for hydroxylation is 1. The fourth-order valence-electron chi connectivity index (χ4n) is 5.02. The number of thioether (sulfide) groups is 1. The first kappa shape index (κ1) is 30.2. The maximum absolute atomic E-state index is 13.8. The molecule has 2 aromatic heterocycles. The summed E-state index contributed by atoms with van der Waals surface area (Å²) < 4.78 is 20.9. The summed E-state index contributed by atoms with van der Waals surface area (Å²) in [5.41, 5.74) is 3.91. The number of hydrazone groups is 1. The molecule has 9 nitrogen and oxygen atoms in total. The summed E-state index contributed by atoms with van der Waals surface area (Å²) in [5, 5.41) is 20.3. The molecule has 228 valence electrons. The average Bonchev–Trinajstić information content (AvgIpc) is 3.83. The van der Waals surface area contributed by atoms with Gasteiger partial charge in [0.05, 0.1) is 36.0 Å². The van der Waals surface area contributed by atoms with E-state index in [1.54, 1.807) is 52.3 Å². The third kappa shape index (κ3) is 6.81. The number of ether oxygens (including phenoxy) is 1. The third-order valence-corrected chi connectivity index (χ3v) is 9.10. The van der Waals surface area contributed by atoms with Gasteiger partial charge in [-0.05, 0) is 72.5 Å². The van der Waals surface area contributed by atoms with Gasteiger partial charge in [-0.15, -0.1) is 21.5 Å². The van der Waals surface area contributed by atoms with Gasteiger partial charge >= 0.3 is 0 Å². The van der Waals surface area contributed by atoms with Crippen LogP contribution in [0.1, 0.15) is 44.6 Å². The maximum atomic E-state index is 13.8. The predicted octanol–water partition coefficient (Wildman–Crippen LogP) is 6.18. The molecule has 1 aliphatic heterocycles. The second-order valence-corrected chi connectivity index (χ2v) is 12.2. The molecule has 0 bridgehead atoms. The number of methoxy groups -OCH3 is 1. The van der Waals surface area contributed by atoms with Crippen molar-refractivity contribution in [3.05, 3.63) is 124 Å². The number of nitrogens with one attached hydrogen (secondary N) is 1. The number of thiophene rings is 1. The van der Waals surface area contributed by atoms with Crippen LogP contribution < -0.4 is 10.1 Å². The molecule has 1 aliphatic rings. The Kier molecular flexibility index (Phi) is 9.03. The number of halogens is 1. The smallest absolute Gasteiger partial charge is 0.253 e. The Bertz CT molecular complexity index is 1840. The molecule has 0 aliphatic carbocycles. The van der Waals surface area contributed by atoms with Gasteiger partial charge in [-0.1, -0.05) is 47.7 Å². The summed E-state index contributed by atoms with van der Waals surface area (Å²) in [7, 11) is 1.61. The summed E-state index contributed by atoms with van der Waals surface area (Å²) in [4.78, 5) is 27.6. The van der Waals surface area contributed by atoms with Crippen molar-refractivity contribution in [2.24, 2.45) is 5.10 Å². The SMILES string of the molecule is COc1ccc([C@H]2CC(c3cccs3)=NN2C(=O)CSc2nnc(CNC(=O)c3cccc(C)c3)n2-c2ccc(F)cc2)cc1. The second kappa shape index (κ2) is 13.4. The number of rotatable bonds is 10. The Labute approximate surface area is 267 Å². The molecule has 0 unspecified atom stereocenters. The molecular formula is C33H29FN6O3S2. The first-order valence-corrected chi connectivity index (χ1v) is 16.0. The first-order chi connectivity index (χ1) is 21.9. The lowest BCUT2D eigenvalue weighted by atomic mass is 10.0. The van der Waals surface area contributed by atoms with Gasteiger partial charge in [0.1, 0.15) is 11.6 Å². The zero-order valence-electron chi connectivity index (χ0n) is 24.5. The van der Waals surface area contributed by atoms with Crippen LogP contribution in [-0.2, 0) is 11.3 Å². The van der Waals surface area contributed by atoms with E-state index in [0.29, 0.717) is 28.7 Å². The van der Waals surface area contributed by atoms with Crippen LogP contribution in [-0.4, -0.2) is 50.2 Å². The van der Waals surface area contributed by atoms with E-state index in [-0.39, 0.29) is 36.0 Å². The first-order valence-electron chi connectivity index (χ1n) is 14.1. The number of aromatic nitrogens is 3. The highest BCUT2D eigenvalue weighted by Gasteiger charge is 2.33. The number of hydrogen-bond acceptors (Lipinski definition) is 8. The van der Waals surface area contributed by atoms with E-state index in [4.69, 9.17) is 9.84 Å². The summed E-state index contributed by atoms with van der Waals surface area (Å²) >= 11 is 2.79. The lowest BCUT2D eigenvalue weighted by molar-refractivity contribution is -0.130. The molecule has 12 heteroatoms. The van der Waals surface area contributed by atoms with Crippen molar-refractivity contribution in [2.45, 2.75) is 31.1 Å². The van der Waals surface area contributed by atoms with E-state index in [1.165, 1.54) is 23.9 Å². The van der Waals surface area contributed by atoms with Crippen LogP contribution in [0.2, 0.25) is 0 Å². The minimum atomic E-state index is -0.386. The lowest BCUT2D eigenvalue weighted by Gasteiger charge is -2.22. The van der Waals surface area contributed by atoms with Gasteiger partial charge < -0.3 is 10.1 Å². The molecule has 0 radical (unpaired) electrons. The number of amides is 2. The van der Waals surface area contributed by atoms with Crippen molar-refractivity contribution >= 4 is 40.6 Å². The highest BCUT2D eigenvalue weighted by Crippen LogP contribution is 2.35. The molecule has 2 amide bonds. The van der Waals surface area contributed by atoms with Crippen molar-refractivity contribution in [1.82, 2.24) is 25.1 Å². The third-order valence-electron chi connectivity index (χ3n) is 7.27. The Morgan fingerprint density at radius 2 is 1.84 bits per heavy atom. The summed E-state index contributed by atoms with van der Waals surface area (Å²) in [6.45, 7) is 1.99. The van der Waals surface area contributed by atoms with Crippen LogP contribution in [0, 0.1) is 12.7 Å². The molecule has 3 heterocycles. The molecule has 3 aromatic carbocycles. The standard InChI is InChI=1S/C33H29FN6O3S2/c1-21-5-3-6-23(17-21)32(42)35-19-30-36-37-33(39(30)25-12-10-24(34)11-13-25)45-20-31(41)40-28(22-8-14-26(43-2)15-9-22)18-27(38-40)29-7-4-16-44-29/h3-17,28H,18-20H2,1-2H3,(H,35,42)/t28-/m1/s1. The van der Waals surface area contributed by atoms with E-state index in [2.05, 4.69) is 15.5 Å². The van der Waals surface area contributed by atoms with E-state index in [0.717, 1.165) is 27.5 Å². The molecule has 0 saturated carbocycles. The number of hydrogen-bond donors (Lipinski definition) is 1. The molecule has 5 aromatic rings. The van der Waals surface area contributed by atoms with Crippen molar-refractivity contribution in [1.29, 1.82) is 0 Å². The maximum Gasteiger partial charge on any atom is 0.253 e. The van der Waals surface area contributed by atoms with Crippen LogP contribution in [0.4, 0.5) is 4.39 Å². The number of nitrogens with zero attached hydrogens (tertiary/aromatic N) is 5. The van der Waals surface area contributed by atoms with Gasteiger partial charge in [0.25, 0.3) is 11.8 Å². The van der Waals surface area contributed by atoms with Crippen molar-refractivity contribution in [2.75, 3.05) is 12.9 Å². The van der Waals surface area contributed by atoms with E-state index < -0.39 is 0 Å². The van der Waals surface area contributed by atoms with Gasteiger partial charge in [0.15, 0.2) is 11.0 Å². The van der Waals surface area contributed by atoms with E-state index in [9.17, 15) is 14.0 Å². The lowest BCUT2D eigenvalue weighted by Crippen LogP contribution is -2.28. The van der Waals surface area contributed by atoms with Gasteiger partial charge in [0, 0.05) is 17.7 Å². The van der Waals surface area contributed by atoms with Crippen molar-refractivity contribution < 1.29 is 18.7 Å². The predicted molar refractivity (Wildman–Crippen MR) is 172 cm³/mol. The molecule has 45 heavy (non-hydrogen) atoms. The van der Waals surface area contributed by atoms with Crippen LogP contribution in [0.5, 0.6) is 5.75 Å². The van der Waals surface area contributed by atoms with Gasteiger partial charge in [-0.25, -0.2) is 9.40 Å². The van der Waals surface area contributed by atoms with Gasteiger partial charge in [-0.3, -0.25) is 14.2 Å². The summed E-state index contributed by atoms with van der Waals surface area (Å²) in [6, 6.07) is 24.5. The molecule has 1 N–H and O–H groups in total. The van der Waals surface area contributed by atoms with E-state index in [1.807, 2.05) is 60.8 Å². The van der Waals surface area contributed by atoms with E-state index >= 15 is 0 Å². The molecule has 1 atom stereocenters. The summed E-state index contributed by atoms with van der Waals surface area (Å²) in [6.07, 6.45) is 0.583. The Morgan fingerprint density at radius 1 is 1.04 bits per heavy atom. The topological polar surface area (TPSA) is 102 Å². The normalized spacial score (nSPS) is 14.3. The fraction of sp³-hybridized carbons (Fsp3) is 0.182. The van der Waals surface area contributed by atoms with Crippen LogP contribution in [0.15, 0.2) is 101 Å². The quantitative estimate of drug-likeness (QED) is 0.183. The molecule has 0 spiro atoms. The minimum absolute atomic E-state index is 0.0306. The fourth-order valence-corrected chi connectivity index (χ4v) is 6.56. The summed E-state index contributed by atoms with van der Waals surface area (Å²) in [5.74, 6) is 0.361. The second-order valence-electron chi connectivity index (χ2n) is 10.3. The van der Waals surface area contributed by atoms with Crippen LogP contribution >= 0.6 is 23.1 Å².